The van der Waals surface area contributed by atoms with Gasteiger partial charge in [0.05, 0.1) is 4.92 Å². The summed E-state index contributed by atoms with van der Waals surface area (Å²) in [7, 11) is 0. The zero-order valence-corrected chi connectivity index (χ0v) is 14.6. The fourth-order valence-corrected chi connectivity index (χ4v) is 3.05. The second kappa shape index (κ2) is 7.46. The Bertz CT molecular complexity index is 763. The minimum atomic E-state index is -0.381. The molecule has 3 rings (SSSR count). The lowest BCUT2D eigenvalue weighted by molar-refractivity contribution is -0.383. The van der Waals surface area contributed by atoms with Crippen molar-refractivity contribution in [2.24, 2.45) is 5.92 Å². The monoisotopic (exact) mass is 341 g/mol. The molecule has 0 spiro atoms. The Hall–Kier alpha value is -2.70. The molecule has 0 aliphatic carbocycles. The molecule has 1 aromatic carbocycles. The highest BCUT2D eigenvalue weighted by atomic mass is 16.6. The summed E-state index contributed by atoms with van der Waals surface area (Å²) in [6.07, 6.45) is 3.18. The first-order valence-electron chi connectivity index (χ1n) is 8.61. The second-order valence-corrected chi connectivity index (χ2v) is 6.70. The van der Waals surface area contributed by atoms with Crippen LogP contribution in [0.3, 0.4) is 0 Å². The molecule has 0 saturated carbocycles. The van der Waals surface area contributed by atoms with Crippen LogP contribution in [-0.4, -0.2) is 28.0 Å². The van der Waals surface area contributed by atoms with Crippen LogP contribution in [0.2, 0.25) is 0 Å². The van der Waals surface area contributed by atoms with Crippen LogP contribution in [0.5, 0.6) is 0 Å². The van der Waals surface area contributed by atoms with Crippen LogP contribution in [0.1, 0.15) is 31.4 Å². The molecule has 7 heteroatoms. The summed E-state index contributed by atoms with van der Waals surface area (Å²) < 4.78 is 0. The topological polar surface area (TPSA) is 84.2 Å². The van der Waals surface area contributed by atoms with Crippen molar-refractivity contribution < 1.29 is 4.92 Å². The Balaban J connectivity index is 1.87. The van der Waals surface area contributed by atoms with Gasteiger partial charge in [0.25, 0.3) is 0 Å². The number of nitrogens with zero attached hydrogens (tertiary/aromatic N) is 4. The molecule has 7 nitrogen and oxygen atoms in total. The van der Waals surface area contributed by atoms with Gasteiger partial charge in [0.1, 0.15) is 6.33 Å². The maximum Gasteiger partial charge on any atom is 0.353 e. The molecule has 2 heterocycles. The van der Waals surface area contributed by atoms with Crippen molar-refractivity contribution in [1.82, 2.24) is 9.97 Å². The molecule has 0 fully saturated rings. The molecular formula is C18H23N5O2. The van der Waals surface area contributed by atoms with E-state index in [0.717, 1.165) is 12.8 Å². The summed E-state index contributed by atoms with van der Waals surface area (Å²) in [5.41, 5.74) is 2.45. The van der Waals surface area contributed by atoms with Crippen LogP contribution < -0.4 is 10.2 Å². The Labute approximate surface area is 147 Å². The van der Waals surface area contributed by atoms with Gasteiger partial charge in [-0.2, -0.15) is 0 Å². The van der Waals surface area contributed by atoms with Gasteiger partial charge in [-0.1, -0.05) is 38.1 Å². The number of fused-ring (bicyclic) bond motifs is 1. The largest absolute Gasteiger partial charge is 0.364 e. The van der Waals surface area contributed by atoms with E-state index < -0.39 is 0 Å². The van der Waals surface area contributed by atoms with E-state index in [1.165, 1.54) is 17.5 Å². The Morgan fingerprint density at radius 2 is 2.04 bits per heavy atom. The quantitative estimate of drug-likeness (QED) is 0.640. The fraction of sp³-hybridized carbons (Fsp3) is 0.444. The van der Waals surface area contributed by atoms with Gasteiger partial charge >= 0.3 is 5.69 Å². The third kappa shape index (κ3) is 3.87. The van der Waals surface area contributed by atoms with E-state index in [4.69, 9.17) is 0 Å². The van der Waals surface area contributed by atoms with Gasteiger partial charge in [0, 0.05) is 19.6 Å². The first kappa shape index (κ1) is 17.1. The summed E-state index contributed by atoms with van der Waals surface area (Å²) >= 11 is 0. The van der Waals surface area contributed by atoms with Crippen LogP contribution in [0, 0.1) is 16.0 Å². The number of nitrogens with one attached hydrogen (secondary N) is 1. The van der Waals surface area contributed by atoms with E-state index >= 15 is 0 Å². The van der Waals surface area contributed by atoms with E-state index in [1.807, 2.05) is 17.0 Å². The Morgan fingerprint density at radius 3 is 2.76 bits per heavy atom. The SMILES string of the molecule is CC(C)CCNc1ncnc(N2CCc3ccccc3C2)c1[N+](=O)[O-]. The van der Waals surface area contributed by atoms with Crippen molar-refractivity contribution in [1.29, 1.82) is 0 Å². The first-order chi connectivity index (χ1) is 12.1. The highest BCUT2D eigenvalue weighted by Crippen LogP contribution is 2.34. The molecule has 0 atom stereocenters. The van der Waals surface area contributed by atoms with Crippen molar-refractivity contribution in [2.75, 3.05) is 23.3 Å². The zero-order chi connectivity index (χ0) is 17.8. The van der Waals surface area contributed by atoms with Gasteiger partial charge in [0.2, 0.25) is 11.6 Å². The number of anilines is 2. The maximum absolute atomic E-state index is 11.7. The second-order valence-electron chi connectivity index (χ2n) is 6.70. The third-order valence-corrected chi connectivity index (χ3v) is 4.43. The predicted octanol–water partition coefficient (Wildman–Crippen LogP) is 3.41. The highest BCUT2D eigenvalue weighted by molar-refractivity contribution is 5.70. The standard InChI is InChI=1S/C18H23N5O2/c1-13(2)7-9-19-17-16(23(24)25)18(21-12-20-17)22-10-8-14-5-3-4-6-15(14)11-22/h3-6,12-13H,7-11H2,1-2H3,(H,19,20,21). The van der Waals surface area contributed by atoms with E-state index in [-0.39, 0.29) is 10.6 Å². The Kier molecular flexibility index (Phi) is 5.11. The van der Waals surface area contributed by atoms with Crippen molar-refractivity contribution in [3.63, 3.8) is 0 Å². The summed E-state index contributed by atoms with van der Waals surface area (Å²) in [6.45, 7) is 6.22. The molecule has 2 aromatic rings. The number of benzene rings is 1. The van der Waals surface area contributed by atoms with Crippen molar-refractivity contribution in [3.8, 4) is 0 Å². The van der Waals surface area contributed by atoms with Gasteiger partial charge in [-0.25, -0.2) is 9.97 Å². The van der Waals surface area contributed by atoms with Crippen LogP contribution in [0.4, 0.5) is 17.3 Å². The van der Waals surface area contributed by atoms with Crippen molar-refractivity contribution >= 4 is 17.3 Å². The van der Waals surface area contributed by atoms with Crippen LogP contribution in [0.15, 0.2) is 30.6 Å². The molecule has 1 N–H and O–H groups in total. The minimum absolute atomic E-state index is 0.0364. The molecule has 0 amide bonds. The molecule has 0 saturated heterocycles. The maximum atomic E-state index is 11.7. The summed E-state index contributed by atoms with van der Waals surface area (Å²) in [5.74, 6) is 1.21. The van der Waals surface area contributed by atoms with E-state index in [2.05, 4.69) is 41.3 Å². The molecule has 25 heavy (non-hydrogen) atoms. The van der Waals surface area contributed by atoms with Crippen LogP contribution >= 0.6 is 0 Å². The van der Waals surface area contributed by atoms with Crippen LogP contribution in [-0.2, 0) is 13.0 Å². The molecule has 1 aromatic heterocycles. The number of rotatable bonds is 6. The summed E-state index contributed by atoms with van der Waals surface area (Å²) in [4.78, 5) is 21.6. The smallest absolute Gasteiger partial charge is 0.353 e. The highest BCUT2D eigenvalue weighted by Gasteiger charge is 2.28. The fourth-order valence-electron chi connectivity index (χ4n) is 3.05. The summed E-state index contributed by atoms with van der Waals surface area (Å²) in [6, 6.07) is 8.20. The van der Waals surface area contributed by atoms with E-state index in [1.54, 1.807) is 0 Å². The van der Waals surface area contributed by atoms with E-state index in [0.29, 0.717) is 37.2 Å². The van der Waals surface area contributed by atoms with Gasteiger partial charge in [0.15, 0.2) is 0 Å². The number of hydrogen-bond acceptors (Lipinski definition) is 6. The van der Waals surface area contributed by atoms with Gasteiger partial charge < -0.3 is 10.2 Å². The molecule has 0 unspecified atom stereocenters. The Morgan fingerprint density at radius 1 is 1.28 bits per heavy atom. The molecular weight excluding hydrogens is 318 g/mol. The van der Waals surface area contributed by atoms with Gasteiger partial charge in [-0.05, 0) is 29.9 Å². The number of aromatic nitrogens is 2. The zero-order valence-electron chi connectivity index (χ0n) is 14.6. The average molecular weight is 341 g/mol. The van der Waals surface area contributed by atoms with Crippen LogP contribution in [0.25, 0.3) is 0 Å². The average Bonchev–Trinajstić information content (AvgIpc) is 2.60. The number of hydrogen-bond donors (Lipinski definition) is 1. The lowest BCUT2D eigenvalue weighted by atomic mass is 10.00. The van der Waals surface area contributed by atoms with Crippen molar-refractivity contribution in [3.05, 3.63) is 51.8 Å². The normalized spacial score (nSPS) is 13.6. The molecule has 132 valence electrons. The summed E-state index contributed by atoms with van der Waals surface area (Å²) in [5, 5.41) is 14.8. The molecule has 0 radical (unpaired) electrons. The molecule has 0 bridgehead atoms. The third-order valence-electron chi connectivity index (χ3n) is 4.43. The van der Waals surface area contributed by atoms with Crippen molar-refractivity contribution in [2.45, 2.75) is 33.2 Å². The first-order valence-corrected chi connectivity index (χ1v) is 8.61. The van der Waals surface area contributed by atoms with E-state index in [9.17, 15) is 10.1 Å². The minimum Gasteiger partial charge on any atom is -0.364 e. The molecule has 1 aliphatic rings. The van der Waals surface area contributed by atoms with Gasteiger partial charge in [-0.15, -0.1) is 0 Å². The number of nitro groups is 1. The predicted molar refractivity (Wildman–Crippen MR) is 97.8 cm³/mol. The lowest BCUT2D eigenvalue weighted by Crippen LogP contribution is -2.31. The molecule has 1 aliphatic heterocycles. The lowest BCUT2D eigenvalue weighted by Gasteiger charge is -2.29. The van der Waals surface area contributed by atoms with Gasteiger partial charge in [-0.3, -0.25) is 10.1 Å².